The van der Waals surface area contributed by atoms with Gasteiger partial charge in [-0.2, -0.15) is 5.10 Å². The molecule has 0 amide bonds. The van der Waals surface area contributed by atoms with Gasteiger partial charge in [0.25, 0.3) is 5.56 Å². The van der Waals surface area contributed by atoms with Crippen LogP contribution in [0.4, 0.5) is 5.69 Å². The minimum atomic E-state index is -0.459. The predicted octanol–water partition coefficient (Wildman–Crippen LogP) is 1.94. The number of hydrogen-bond acceptors (Lipinski definition) is 5. The Kier molecular flexibility index (Phi) is 3.74. The first kappa shape index (κ1) is 13.7. The number of benzene rings is 2. The maximum Gasteiger partial charge on any atom is 0.276 e. The monoisotopic (exact) mass is 292 g/mol. The number of carbonyl (C=O) groups is 1. The lowest BCUT2D eigenvalue weighted by Gasteiger charge is -2.03. The van der Waals surface area contributed by atoms with Crippen molar-refractivity contribution >= 4 is 28.7 Å². The Balaban J connectivity index is 2.01. The van der Waals surface area contributed by atoms with Crippen LogP contribution in [0.15, 0.2) is 64.5 Å². The van der Waals surface area contributed by atoms with Gasteiger partial charge in [-0.25, -0.2) is 4.98 Å². The third kappa shape index (κ3) is 2.76. The Labute approximate surface area is 125 Å². The summed E-state index contributed by atoms with van der Waals surface area (Å²) in [6, 6.07) is 16.2. The summed E-state index contributed by atoms with van der Waals surface area (Å²) in [6.45, 7) is 0. The van der Waals surface area contributed by atoms with Gasteiger partial charge in [-0.3, -0.25) is 15.0 Å². The molecule has 0 spiro atoms. The van der Waals surface area contributed by atoms with Crippen LogP contribution < -0.4 is 11.0 Å². The first-order valence-electron chi connectivity index (χ1n) is 6.61. The molecule has 0 atom stereocenters. The van der Waals surface area contributed by atoms with E-state index in [0.717, 1.165) is 0 Å². The molecule has 108 valence electrons. The number of aromatic amines is 1. The molecule has 0 unspecified atom stereocenters. The van der Waals surface area contributed by atoms with Gasteiger partial charge in [-0.1, -0.05) is 30.3 Å². The molecular weight excluding hydrogens is 280 g/mol. The summed E-state index contributed by atoms with van der Waals surface area (Å²) in [5, 5.41) is 3.97. The Morgan fingerprint density at radius 2 is 1.82 bits per heavy atom. The third-order valence-electron chi connectivity index (χ3n) is 3.03. The molecule has 0 bridgehead atoms. The van der Waals surface area contributed by atoms with Crippen molar-refractivity contribution < 1.29 is 4.79 Å². The normalized spacial score (nSPS) is 11.4. The number of rotatable bonds is 4. The molecule has 1 aromatic heterocycles. The molecule has 6 nitrogen and oxygen atoms in total. The van der Waals surface area contributed by atoms with Crippen LogP contribution in [0.3, 0.4) is 0 Å². The van der Waals surface area contributed by atoms with Crippen LogP contribution in [0.1, 0.15) is 5.69 Å². The molecule has 0 fully saturated rings. The highest BCUT2D eigenvalue weighted by molar-refractivity contribution is 6.35. The predicted molar refractivity (Wildman–Crippen MR) is 85.0 cm³/mol. The van der Waals surface area contributed by atoms with Crippen LogP contribution in [-0.4, -0.2) is 22.0 Å². The highest BCUT2D eigenvalue weighted by Crippen LogP contribution is 2.07. The Morgan fingerprint density at radius 3 is 2.59 bits per heavy atom. The van der Waals surface area contributed by atoms with Gasteiger partial charge in [0.05, 0.1) is 16.7 Å². The molecule has 2 aromatic carbocycles. The number of H-pyrrole nitrogens is 1. The largest absolute Gasteiger partial charge is 0.319 e. The topological polar surface area (TPSA) is 87.2 Å². The van der Waals surface area contributed by atoms with Gasteiger partial charge in [0.1, 0.15) is 0 Å². The van der Waals surface area contributed by atoms with Crippen molar-refractivity contribution in [2.45, 2.75) is 0 Å². The molecule has 0 saturated heterocycles. The van der Waals surface area contributed by atoms with Gasteiger partial charge in [0, 0.05) is 0 Å². The van der Waals surface area contributed by atoms with Crippen molar-refractivity contribution in [2.75, 3.05) is 5.43 Å². The molecule has 6 heteroatoms. The van der Waals surface area contributed by atoms with Crippen molar-refractivity contribution in [2.24, 2.45) is 5.10 Å². The van der Waals surface area contributed by atoms with Crippen LogP contribution in [0, 0.1) is 0 Å². The second-order valence-corrected chi connectivity index (χ2v) is 4.52. The van der Waals surface area contributed by atoms with Crippen LogP contribution in [-0.2, 0) is 4.79 Å². The average molecular weight is 292 g/mol. The molecule has 3 rings (SSSR count). The van der Waals surface area contributed by atoms with E-state index in [1.54, 1.807) is 36.4 Å². The zero-order valence-electron chi connectivity index (χ0n) is 11.5. The number of para-hydroxylation sites is 3. The van der Waals surface area contributed by atoms with E-state index < -0.39 is 5.56 Å². The lowest BCUT2D eigenvalue weighted by molar-refractivity contribution is -0.102. The summed E-state index contributed by atoms with van der Waals surface area (Å²) in [6.07, 6.45) is 0.502. The molecule has 22 heavy (non-hydrogen) atoms. The average Bonchev–Trinajstić information content (AvgIpc) is 2.56. The van der Waals surface area contributed by atoms with E-state index in [9.17, 15) is 9.59 Å². The first-order valence-corrected chi connectivity index (χ1v) is 6.61. The number of fused-ring (bicyclic) bond motifs is 1. The second kappa shape index (κ2) is 6.01. The minimum Gasteiger partial charge on any atom is -0.319 e. The van der Waals surface area contributed by atoms with Gasteiger partial charge in [-0.15, -0.1) is 0 Å². The number of anilines is 1. The van der Waals surface area contributed by atoms with Crippen molar-refractivity contribution in [1.29, 1.82) is 0 Å². The first-order chi connectivity index (χ1) is 10.8. The maximum atomic E-state index is 12.1. The van der Waals surface area contributed by atoms with Gasteiger partial charge < -0.3 is 4.98 Å². The quantitative estimate of drug-likeness (QED) is 0.437. The maximum absolute atomic E-state index is 12.1. The number of nitrogens with one attached hydrogen (secondary N) is 2. The molecule has 0 saturated carbocycles. The lowest BCUT2D eigenvalue weighted by atomic mass is 10.2. The summed E-state index contributed by atoms with van der Waals surface area (Å²) >= 11 is 0. The minimum absolute atomic E-state index is 0.0165. The van der Waals surface area contributed by atoms with Crippen molar-refractivity contribution in [3.05, 3.63) is 70.6 Å². The molecule has 3 aromatic rings. The van der Waals surface area contributed by atoms with Crippen molar-refractivity contribution in [3.63, 3.8) is 0 Å². The van der Waals surface area contributed by atoms with E-state index in [1.165, 1.54) is 0 Å². The standard InChI is InChI=1S/C16H12N4O2/c21-10-14(20-19-11-6-2-1-3-7-11)15-16(22)18-13-9-5-4-8-12(13)17-15/h1-10,19H,(H,18,22)/b20-14-. The highest BCUT2D eigenvalue weighted by Gasteiger charge is 2.11. The second-order valence-electron chi connectivity index (χ2n) is 4.52. The summed E-state index contributed by atoms with van der Waals surface area (Å²) in [5.74, 6) is 0. The van der Waals surface area contributed by atoms with Crippen LogP contribution in [0.2, 0.25) is 0 Å². The molecule has 0 aliphatic carbocycles. The number of aldehydes is 1. The fraction of sp³-hybridized carbons (Fsp3) is 0. The highest BCUT2D eigenvalue weighted by atomic mass is 16.1. The fourth-order valence-electron chi connectivity index (χ4n) is 1.98. The lowest BCUT2D eigenvalue weighted by Crippen LogP contribution is -2.22. The van der Waals surface area contributed by atoms with Gasteiger partial charge >= 0.3 is 0 Å². The Hall–Kier alpha value is -3.28. The summed E-state index contributed by atoms with van der Waals surface area (Å²) in [4.78, 5) is 30.2. The van der Waals surface area contributed by atoms with Crippen LogP contribution in [0.25, 0.3) is 11.0 Å². The fourth-order valence-corrected chi connectivity index (χ4v) is 1.98. The number of nitrogens with zero attached hydrogens (tertiary/aromatic N) is 2. The zero-order valence-corrected chi connectivity index (χ0v) is 11.5. The Morgan fingerprint density at radius 1 is 1.09 bits per heavy atom. The molecule has 0 aliphatic heterocycles. The number of hydrogen-bond donors (Lipinski definition) is 2. The zero-order chi connectivity index (χ0) is 15.4. The summed E-state index contributed by atoms with van der Waals surface area (Å²) in [7, 11) is 0. The number of aromatic nitrogens is 2. The molecule has 0 aliphatic rings. The smallest absolute Gasteiger partial charge is 0.276 e. The van der Waals surface area contributed by atoms with Crippen LogP contribution >= 0.6 is 0 Å². The van der Waals surface area contributed by atoms with Crippen molar-refractivity contribution in [1.82, 2.24) is 9.97 Å². The van der Waals surface area contributed by atoms with E-state index >= 15 is 0 Å². The summed E-state index contributed by atoms with van der Waals surface area (Å²) < 4.78 is 0. The molecule has 2 N–H and O–H groups in total. The number of hydrazone groups is 1. The SMILES string of the molecule is O=C/C(=N/Nc1ccccc1)c1nc2ccccc2[nH]c1=O. The van der Waals surface area contributed by atoms with Gasteiger partial charge in [0.15, 0.2) is 17.7 Å². The van der Waals surface area contributed by atoms with Gasteiger partial charge in [-0.05, 0) is 24.3 Å². The van der Waals surface area contributed by atoms with Crippen LogP contribution in [0.5, 0.6) is 0 Å². The third-order valence-corrected chi connectivity index (χ3v) is 3.03. The van der Waals surface area contributed by atoms with Crippen molar-refractivity contribution in [3.8, 4) is 0 Å². The van der Waals surface area contributed by atoms with E-state index in [2.05, 4.69) is 20.5 Å². The molecule has 0 radical (unpaired) electrons. The molecule has 1 heterocycles. The molecular formula is C16H12N4O2. The van der Waals surface area contributed by atoms with E-state index in [0.29, 0.717) is 23.0 Å². The van der Waals surface area contributed by atoms with E-state index in [1.807, 2.05) is 18.2 Å². The van der Waals surface area contributed by atoms with E-state index in [-0.39, 0.29) is 11.4 Å². The Bertz CT molecular complexity index is 901. The summed E-state index contributed by atoms with van der Waals surface area (Å²) in [5.41, 5.74) is 4.10. The number of carbonyl (C=O) groups excluding carboxylic acids is 1. The van der Waals surface area contributed by atoms with Gasteiger partial charge in [0.2, 0.25) is 0 Å². The van der Waals surface area contributed by atoms with E-state index in [4.69, 9.17) is 0 Å².